The summed E-state index contributed by atoms with van der Waals surface area (Å²) in [4.78, 5) is 57.2. The molecule has 4 heterocycles. The second-order valence-corrected chi connectivity index (χ2v) is 19.1. The van der Waals surface area contributed by atoms with Crippen LogP contribution < -0.4 is 0 Å². The summed E-state index contributed by atoms with van der Waals surface area (Å²) in [5, 5.41) is 2.52. The molecule has 0 radical (unpaired) electrons. The van der Waals surface area contributed by atoms with Gasteiger partial charge in [0.25, 0.3) is 0 Å². The molecule has 4 aliphatic rings. The average Bonchev–Trinajstić information content (AvgIpc) is 3.40. The predicted octanol–water partition coefficient (Wildman–Crippen LogP) is 10.5. The molecule has 4 aromatic rings. The van der Waals surface area contributed by atoms with Gasteiger partial charge in [-0.15, -0.1) is 49.6 Å². The Labute approximate surface area is 498 Å². The summed E-state index contributed by atoms with van der Waals surface area (Å²) in [5.41, 5.74) is 4.99. The number of hydrogen-bond acceptors (Lipinski definition) is 12. The van der Waals surface area contributed by atoms with E-state index in [4.69, 9.17) is 65.4 Å². The van der Waals surface area contributed by atoms with Crippen molar-refractivity contribution < 1.29 is 43.6 Å². The Balaban J connectivity index is 0.000000979. The van der Waals surface area contributed by atoms with Crippen molar-refractivity contribution >= 4 is 119 Å². The number of nitrogens with zero attached hydrogens (tertiary/aromatic N) is 4. The number of ketones is 4. The Hall–Kier alpha value is -3.52. The molecule has 4 aliphatic heterocycles. The summed E-state index contributed by atoms with van der Waals surface area (Å²) in [5.74, 6) is -0.0624. The lowest BCUT2D eigenvalue weighted by molar-refractivity contribution is 0.0418. The van der Waals surface area contributed by atoms with E-state index in [1.165, 1.54) is 0 Å². The Morgan fingerprint density at radius 3 is 0.610 bits per heavy atom. The monoisotopic (exact) mass is 1220 g/mol. The largest absolute Gasteiger partial charge is 0.412 e. The first-order chi connectivity index (χ1) is 34.7. The highest BCUT2D eigenvalue weighted by atomic mass is 35.5. The number of ether oxygens (including phenoxy) is 4. The lowest BCUT2D eigenvalue weighted by Crippen LogP contribution is -2.38. The van der Waals surface area contributed by atoms with Gasteiger partial charge in [0.1, 0.15) is 0 Å². The Morgan fingerprint density at radius 2 is 0.468 bits per heavy atom. The maximum atomic E-state index is 12.1. The zero-order chi connectivity index (χ0) is 51.8. The smallest absolute Gasteiger partial charge is 0.189 e. The molecule has 0 spiro atoms. The van der Waals surface area contributed by atoms with Crippen LogP contribution in [0.15, 0.2) is 146 Å². The summed E-state index contributed by atoms with van der Waals surface area (Å²) in [7, 11) is 0. The van der Waals surface area contributed by atoms with E-state index in [2.05, 4.69) is 45.9 Å². The first kappa shape index (κ1) is 73.5. The SMILES string of the molecule is C=C(CN1CCOCC1)C(=O)c1ccc(Cl)cc1.C=C(CN1CCOCC1)C(=O)c1ccc(Cl)cc1.C=C(CN1CCOCC1)C(=O)c1ccc(Cl)cc1.C=C(CN1CCOCC1)C(=O)c1ccc(Cl)cc1.Cl.Cl.Cl.Cl.O. The fourth-order valence-electron chi connectivity index (χ4n) is 7.63. The zero-order valence-corrected chi connectivity index (χ0v) is 49.2. The molecule has 21 heteroatoms. The van der Waals surface area contributed by atoms with Crippen LogP contribution in [0, 0.1) is 0 Å². The van der Waals surface area contributed by atoms with E-state index < -0.39 is 0 Å². The molecule has 0 aliphatic carbocycles. The maximum Gasteiger partial charge on any atom is 0.189 e. The van der Waals surface area contributed by atoms with Gasteiger partial charge in [-0.05, 0) is 97.1 Å². The second kappa shape index (κ2) is 39.8. The van der Waals surface area contributed by atoms with Gasteiger partial charge in [0, 0.05) is 143 Å². The Kier molecular flexibility index (Phi) is 38.0. The third kappa shape index (κ3) is 26.5. The maximum absolute atomic E-state index is 12.1. The van der Waals surface area contributed by atoms with Crippen LogP contribution in [-0.4, -0.2) is 180 Å². The molecule has 0 amide bonds. The predicted molar refractivity (Wildman–Crippen MR) is 321 cm³/mol. The molecule has 4 fully saturated rings. The highest BCUT2D eigenvalue weighted by molar-refractivity contribution is 6.31. The third-order valence-corrected chi connectivity index (χ3v) is 12.8. The number of halogens is 8. The molecule has 424 valence electrons. The van der Waals surface area contributed by atoms with Crippen LogP contribution in [-0.2, 0) is 18.9 Å². The molecule has 77 heavy (non-hydrogen) atoms. The average molecular weight is 1230 g/mol. The van der Waals surface area contributed by atoms with Gasteiger partial charge < -0.3 is 24.4 Å². The highest BCUT2D eigenvalue weighted by Gasteiger charge is 2.20. The van der Waals surface area contributed by atoms with E-state index in [-0.39, 0.29) is 78.2 Å². The lowest BCUT2D eigenvalue weighted by Gasteiger charge is -2.26. The first-order valence-corrected chi connectivity index (χ1v) is 25.3. The van der Waals surface area contributed by atoms with E-state index in [9.17, 15) is 19.2 Å². The van der Waals surface area contributed by atoms with Gasteiger partial charge in [0.15, 0.2) is 23.1 Å². The van der Waals surface area contributed by atoms with E-state index in [0.717, 1.165) is 105 Å². The molecule has 4 saturated heterocycles. The Morgan fingerprint density at radius 1 is 0.325 bits per heavy atom. The van der Waals surface area contributed by atoms with Crippen LogP contribution in [0.1, 0.15) is 41.4 Å². The number of morpholine rings is 4. The van der Waals surface area contributed by atoms with Crippen LogP contribution in [0.5, 0.6) is 0 Å². The molecule has 0 aromatic heterocycles. The third-order valence-electron chi connectivity index (χ3n) is 11.8. The quantitative estimate of drug-likeness (QED) is 0.0776. The van der Waals surface area contributed by atoms with Crippen LogP contribution >= 0.6 is 96.0 Å². The summed E-state index contributed by atoms with van der Waals surface area (Å²) >= 11 is 23.2. The molecule has 0 unspecified atom stereocenters. The van der Waals surface area contributed by atoms with Crippen molar-refractivity contribution in [3.05, 3.63) is 188 Å². The van der Waals surface area contributed by atoms with Crippen molar-refractivity contribution in [2.24, 2.45) is 0 Å². The first-order valence-electron chi connectivity index (χ1n) is 23.8. The van der Waals surface area contributed by atoms with Gasteiger partial charge in [-0.25, -0.2) is 0 Å². The van der Waals surface area contributed by atoms with Crippen LogP contribution in [0.4, 0.5) is 0 Å². The minimum absolute atomic E-state index is 0. The van der Waals surface area contributed by atoms with Crippen LogP contribution in [0.2, 0.25) is 20.1 Å². The van der Waals surface area contributed by atoms with Gasteiger partial charge in [-0.1, -0.05) is 72.7 Å². The molecule has 0 atom stereocenters. The fraction of sp³-hybridized carbons (Fsp3) is 0.357. The fourth-order valence-corrected chi connectivity index (χ4v) is 8.13. The molecule has 2 N–H and O–H groups in total. The van der Waals surface area contributed by atoms with E-state index >= 15 is 0 Å². The van der Waals surface area contributed by atoms with Crippen molar-refractivity contribution in [2.45, 2.75) is 0 Å². The van der Waals surface area contributed by atoms with Gasteiger partial charge in [0.2, 0.25) is 0 Å². The standard InChI is InChI=1S/4C14H16ClNO2.4ClH.H2O/c4*1-11(10-16-6-8-18-9-7-16)14(17)12-2-4-13(15)5-3-12;;;;;/h4*2-5H,1,6-10H2;4*1H;1H2. The van der Waals surface area contributed by atoms with Gasteiger partial charge in [-0.3, -0.25) is 38.8 Å². The summed E-state index contributed by atoms with van der Waals surface area (Å²) < 4.78 is 21.1. The molecular weight excluding hydrogens is 1160 g/mol. The zero-order valence-electron chi connectivity index (χ0n) is 42.9. The van der Waals surface area contributed by atoms with Crippen molar-refractivity contribution in [2.75, 3.05) is 131 Å². The summed E-state index contributed by atoms with van der Waals surface area (Å²) in [6.45, 7) is 30.6. The van der Waals surface area contributed by atoms with Gasteiger partial charge in [0.05, 0.1) is 52.9 Å². The van der Waals surface area contributed by atoms with Crippen molar-refractivity contribution in [3.8, 4) is 0 Å². The van der Waals surface area contributed by atoms with Gasteiger partial charge >= 0.3 is 0 Å². The Bertz CT molecular complexity index is 2100. The number of hydrogen-bond donors (Lipinski definition) is 0. The number of carbonyl (C=O) groups excluding carboxylic acids is 4. The second-order valence-electron chi connectivity index (χ2n) is 17.3. The van der Waals surface area contributed by atoms with Crippen molar-refractivity contribution in [1.29, 1.82) is 0 Å². The number of carbonyl (C=O) groups is 4. The summed E-state index contributed by atoms with van der Waals surface area (Å²) in [6.07, 6.45) is 0. The van der Waals surface area contributed by atoms with Crippen LogP contribution in [0.3, 0.4) is 0 Å². The highest BCUT2D eigenvalue weighted by Crippen LogP contribution is 2.18. The molecular formula is C56H70Cl8N4O9. The number of rotatable bonds is 16. The van der Waals surface area contributed by atoms with Gasteiger partial charge in [-0.2, -0.15) is 0 Å². The van der Waals surface area contributed by atoms with Crippen LogP contribution in [0.25, 0.3) is 0 Å². The topological polar surface area (TPSA) is 150 Å². The molecule has 8 rings (SSSR count). The minimum Gasteiger partial charge on any atom is -0.412 e. The molecule has 4 aromatic carbocycles. The summed E-state index contributed by atoms with van der Waals surface area (Å²) in [6, 6.07) is 27.6. The van der Waals surface area contributed by atoms with Crippen molar-refractivity contribution in [1.82, 2.24) is 19.6 Å². The number of Topliss-reactive ketones (excluding diaryl/α,β-unsaturated/α-hetero) is 4. The van der Waals surface area contributed by atoms with E-state index in [1.807, 2.05) is 0 Å². The number of benzene rings is 4. The van der Waals surface area contributed by atoms with E-state index in [0.29, 0.717) is 90.8 Å². The minimum atomic E-state index is -0.0156. The normalized spacial score (nSPS) is 15.4. The molecule has 13 nitrogen and oxygen atoms in total. The molecule has 0 bridgehead atoms. The van der Waals surface area contributed by atoms with E-state index in [1.54, 1.807) is 97.1 Å². The lowest BCUT2D eigenvalue weighted by atomic mass is 10.0. The van der Waals surface area contributed by atoms with Crippen molar-refractivity contribution in [3.63, 3.8) is 0 Å². The molecule has 0 saturated carbocycles.